The summed E-state index contributed by atoms with van der Waals surface area (Å²) in [7, 11) is 0. The molecule has 288 valence electrons. The monoisotopic (exact) mass is 682 g/mol. The number of hydrogen-bond acceptors (Lipinski definition) is 4. The first-order chi connectivity index (χ1) is 23.5. The maximum atomic E-state index is 12.4. The van der Waals surface area contributed by atoms with Crippen LogP contribution in [0, 0.1) is 0 Å². The highest BCUT2D eigenvalue weighted by Gasteiger charge is 2.21. The molecule has 0 spiro atoms. The van der Waals surface area contributed by atoms with E-state index in [1.165, 1.54) is 186 Å². The van der Waals surface area contributed by atoms with E-state index in [2.05, 4.69) is 19.2 Å². The largest absolute Gasteiger partial charge is 0.394 e. The highest BCUT2D eigenvalue weighted by Crippen LogP contribution is 2.17. The van der Waals surface area contributed by atoms with Gasteiger partial charge in [-0.2, -0.15) is 0 Å². The Kier molecular flexibility index (Phi) is 38.6. The van der Waals surface area contributed by atoms with Gasteiger partial charge in [0.15, 0.2) is 0 Å². The quantitative estimate of drug-likeness (QED) is 0.0485. The summed E-state index contributed by atoms with van der Waals surface area (Å²) < 4.78 is 0. The van der Waals surface area contributed by atoms with Crippen LogP contribution in [0.2, 0.25) is 0 Å². The van der Waals surface area contributed by atoms with Crippen LogP contribution in [-0.2, 0) is 4.79 Å². The molecule has 0 saturated carbocycles. The lowest BCUT2D eigenvalue weighted by atomic mass is 10.0. The second-order valence-electron chi connectivity index (χ2n) is 15.3. The first kappa shape index (κ1) is 47.4. The molecule has 0 aliphatic rings. The highest BCUT2D eigenvalue weighted by molar-refractivity contribution is 5.76. The van der Waals surface area contributed by atoms with Crippen molar-refractivity contribution in [2.45, 2.75) is 263 Å². The molecule has 48 heavy (non-hydrogen) atoms. The summed E-state index contributed by atoms with van der Waals surface area (Å²) >= 11 is 0. The molecule has 0 heterocycles. The molecule has 0 aliphatic heterocycles. The first-order valence-corrected chi connectivity index (χ1v) is 21.8. The first-order valence-electron chi connectivity index (χ1n) is 21.8. The number of aliphatic hydroxyl groups is 3. The number of carbonyl (C=O) groups is 1. The molecule has 0 rings (SSSR count). The van der Waals surface area contributed by atoms with Crippen LogP contribution in [0.25, 0.3) is 0 Å². The zero-order valence-electron chi connectivity index (χ0n) is 32.6. The summed E-state index contributed by atoms with van der Waals surface area (Å²) in [4.78, 5) is 12.4. The van der Waals surface area contributed by atoms with Crippen molar-refractivity contribution in [2.75, 3.05) is 6.61 Å². The van der Waals surface area contributed by atoms with Crippen LogP contribution >= 0.6 is 0 Å². The highest BCUT2D eigenvalue weighted by atomic mass is 16.3. The lowest BCUT2D eigenvalue weighted by Gasteiger charge is -2.23. The van der Waals surface area contributed by atoms with Crippen LogP contribution in [0.15, 0.2) is 0 Å². The maximum absolute atomic E-state index is 12.4. The van der Waals surface area contributed by atoms with Gasteiger partial charge in [-0.1, -0.05) is 226 Å². The maximum Gasteiger partial charge on any atom is 0.222 e. The molecule has 0 bridgehead atoms. The summed E-state index contributed by atoms with van der Waals surface area (Å²) in [5, 5.41) is 33.4. The molecule has 0 fully saturated rings. The molecular formula is C43H87NO4. The van der Waals surface area contributed by atoms with Crippen LogP contribution in [-0.4, -0.2) is 46.1 Å². The van der Waals surface area contributed by atoms with Gasteiger partial charge in [-0.3, -0.25) is 4.79 Å². The van der Waals surface area contributed by atoms with Crippen LogP contribution in [0.3, 0.4) is 0 Å². The van der Waals surface area contributed by atoms with Gasteiger partial charge in [0.25, 0.3) is 0 Å². The van der Waals surface area contributed by atoms with Gasteiger partial charge in [-0.15, -0.1) is 0 Å². The minimum absolute atomic E-state index is 0.0428. The van der Waals surface area contributed by atoms with E-state index in [-0.39, 0.29) is 18.9 Å². The Bertz CT molecular complexity index is 630. The fourth-order valence-corrected chi connectivity index (χ4v) is 7.05. The minimum Gasteiger partial charge on any atom is -0.394 e. The number of nitrogens with one attached hydrogen (secondary N) is 1. The summed E-state index contributed by atoms with van der Waals surface area (Å²) in [6, 6.07) is -0.652. The molecular weight excluding hydrogens is 594 g/mol. The van der Waals surface area contributed by atoms with E-state index in [1.54, 1.807) is 0 Å². The third-order valence-corrected chi connectivity index (χ3v) is 10.4. The van der Waals surface area contributed by atoms with Gasteiger partial charge in [0.1, 0.15) is 0 Å². The van der Waals surface area contributed by atoms with Gasteiger partial charge in [0.05, 0.1) is 31.3 Å². The Balaban J connectivity index is 3.58. The Morgan fingerprint density at radius 1 is 0.438 bits per heavy atom. The normalized spacial score (nSPS) is 13.5. The molecule has 1 amide bonds. The molecule has 4 N–H and O–H groups in total. The zero-order valence-corrected chi connectivity index (χ0v) is 32.6. The summed E-state index contributed by atoms with van der Waals surface area (Å²) in [5.41, 5.74) is 0. The molecule has 3 atom stereocenters. The van der Waals surface area contributed by atoms with Crippen LogP contribution in [0.1, 0.15) is 245 Å². The van der Waals surface area contributed by atoms with Crippen molar-refractivity contribution in [2.24, 2.45) is 0 Å². The van der Waals surface area contributed by atoms with E-state index in [9.17, 15) is 20.1 Å². The van der Waals surface area contributed by atoms with Crippen molar-refractivity contribution in [3.05, 3.63) is 0 Å². The molecule has 0 aliphatic carbocycles. The van der Waals surface area contributed by atoms with Crippen molar-refractivity contribution < 1.29 is 20.1 Å². The number of hydrogen-bond donors (Lipinski definition) is 4. The van der Waals surface area contributed by atoms with Crippen molar-refractivity contribution in [3.8, 4) is 0 Å². The van der Waals surface area contributed by atoms with E-state index < -0.39 is 18.2 Å². The minimum atomic E-state index is -0.743. The third-order valence-electron chi connectivity index (χ3n) is 10.4. The second kappa shape index (κ2) is 39.1. The number of rotatable bonds is 40. The van der Waals surface area contributed by atoms with E-state index >= 15 is 0 Å². The zero-order chi connectivity index (χ0) is 35.2. The fourth-order valence-electron chi connectivity index (χ4n) is 7.05. The number of amides is 1. The molecule has 0 aromatic heterocycles. The molecule has 5 nitrogen and oxygen atoms in total. The van der Waals surface area contributed by atoms with Crippen molar-refractivity contribution in [1.29, 1.82) is 0 Å². The average molecular weight is 682 g/mol. The van der Waals surface area contributed by atoms with Crippen molar-refractivity contribution >= 4 is 5.91 Å². The molecule has 0 aromatic rings. The van der Waals surface area contributed by atoms with Crippen LogP contribution in [0.4, 0.5) is 0 Å². The van der Waals surface area contributed by atoms with Gasteiger partial charge < -0.3 is 20.6 Å². The topological polar surface area (TPSA) is 89.8 Å². The van der Waals surface area contributed by atoms with Crippen molar-refractivity contribution in [1.82, 2.24) is 5.32 Å². The predicted octanol–water partition coefficient (Wildman–Crippen LogP) is 12.3. The van der Waals surface area contributed by atoms with Crippen LogP contribution < -0.4 is 5.32 Å². The number of carbonyl (C=O) groups excluding carboxylic acids is 1. The van der Waals surface area contributed by atoms with E-state index in [4.69, 9.17) is 0 Å². The summed E-state index contributed by atoms with van der Waals surface area (Å²) in [6.45, 7) is 4.28. The van der Waals surface area contributed by atoms with Gasteiger partial charge in [0, 0.05) is 0 Å². The fraction of sp³-hybridized carbons (Fsp3) is 0.977. The average Bonchev–Trinajstić information content (AvgIpc) is 3.08. The molecule has 3 unspecified atom stereocenters. The van der Waals surface area contributed by atoms with E-state index in [0.29, 0.717) is 12.8 Å². The second-order valence-corrected chi connectivity index (χ2v) is 15.3. The molecule has 5 heteroatoms. The molecule has 0 radical (unpaired) electrons. The third kappa shape index (κ3) is 35.2. The van der Waals surface area contributed by atoms with Crippen LogP contribution in [0.5, 0.6) is 0 Å². The Morgan fingerprint density at radius 2 is 0.708 bits per heavy atom. The number of unbranched alkanes of at least 4 members (excludes halogenated alkanes) is 31. The van der Waals surface area contributed by atoms with E-state index in [1.807, 2.05) is 0 Å². The van der Waals surface area contributed by atoms with Gasteiger partial charge in [0.2, 0.25) is 5.91 Å². The van der Waals surface area contributed by atoms with Gasteiger partial charge in [-0.25, -0.2) is 0 Å². The lowest BCUT2D eigenvalue weighted by Crippen LogP contribution is -2.46. The predicted molar refractivity (Wildman–Crippen MR) is 209 cm³/mol. The smallest absolute Gasteiger partial charge is 0.222 e. The summed E-state index contributed by atoms with van der Waals surface area (Å²) in [6.07, 6.45) is 43.5. The molecule has 0 aromatic carbocycles. The Hall–Kier alpha value is -0.650. The van der Waals surface area contributed by atoms with Gasteiger partial charge in [-0.05, 0) is 12.8 Å². The number of aliphatic hydroxyl groups excluding tert-OH is 3. The Labute approximate surface area is 300 Å². The Morgan fingerprint density at radius 3 is 1.00 bits per heavy atom. The van der Waals surface area contributed by atoms with Crippen molar-refractivity contribution in [3.63, 3.8) is 0 Å². The molecule has 0 saturated heterocycles. The van der Waals surface area contributed by atoms with E-state index in [0.717, 1.165) is 25.7 Å². The standard InChI is InChI=1S/C43H87NO4/c1-3-5-7-9-11-13-15-17-19-21-22-24-26-28-30-32-34-36-40(46)38-43(48)44-41(39-45)42(47)37-35-33-31-29-27-25-23-20-18-16-14-12-10-8-6-4-2/h40-42,45-47H,3-39H2,1-2H3,(H,44,48). The lowest BCUT2D eigenvalue weighted by molar-refractivity contribution is -0.125. The summed E-state index contributed by atoms with van der Waals surface area (Å²) in [5.74, 6) is -0.278. The SMILES string of the molecule is CCCCCCCCCCCCCCCCCCCC(O)CC(=O)NC(CO)C(O)CCCCCCCCCCCCCCCCCC. The van der Waals surface area contributed by atoms with Gasteiger partial charge >= 0.3 is 0 Å².